The molecule has 0 bridgehead atoms. The first-order chi connectivity index (χ1) is 17.5. The third-order valence-corrected chi connectivity index (χ3v) is 5.41. The number of nitrogens with one attached hydrogen (secondary N) is 2. The molecule has 3 aromatic rings. The molecule has 3 heterocycles. The zero-order chi connectivity index (χ0) is 26.9. The number of anilines is 3. The van der Waals surface area contributed by atoms with Crippen LogP contribution in [0.1, 0.15) is 28.4 Å². The summed E-state index contributed by atoms with van der Waals surface area (Å²) < 4.78 is 27.8. The van der Waals surface area contributed by atoms with E-state index in [2.05, 4.69) is 25.7 Å². The third-order valence-electron chi connectivity index (χ3n) is 5.41. The van der Waals surface area contributed by atoms with Crippen LogP contribution >= 0.6 is 0 Å². The normalized spacial score (nSPS) is 15.2. The second-order valence-corrected chi connectivity index (χ2v) is 7.87. The molecule has 1 aliphatic rings. The van der Waals surface area contributed by atoms with Crippen LogP contribution in [0.15, 0.2) is 30.5 Å². The van der Waals surface area contributed by atoms with Gasteiger partial charge in [0.15, 0.2) is 17.3 Å². The monoisotopic (exact) mass is 468 g/mol. The van der Waals surface area contributed by atoms with E-state index in [1.54, 1.807) is 36.3 Å². The number of para-hydroxylation sites is 1. The number of hydrogen-bond acceptors (Lipinski definition) is 8. The third kappa shape index (κ3) is 4.21. The van der Waals surface area contributed by atoms with Gasteiger partial charge in [0.25, 0.3) is 5.91 Å². The second-order valence-electron chi connectivity index (χ2n) is 7.87. The Labute approximate surface area is 201 Å². The van der Waals surface area contributed by atoms with Gasteiger partial charge >= 0.3 is 6.03 Å². The molecule has 34 heavy (non-hydrogen) atoms. The number of carbonyl (C=O) groups is 2. The topological polar surface area (TPSA) is 130 Å². The Bertz CT molecular complexity index is 1330. The molecule has 0 aliphatic carbocycles. The maximum absolute atomic E-state index is 12.9. The molecule has 12 nitrogen and oxygen atoms in total. The van der Waals surface area contributed by atoms with Crippen LogP contribution < -0.4 is 20.3 Å². The van der Waals surface area contributed by atoms with E-state index in [1.807, 2.05) is 19.2 Å². The first kappa shape index (κ1) is 19.3. The van der Waals surface area contributed by atoms with Crippen LogP contribution in [0, 0.1) is 0 Å². The van der Waals surface area contributed by atoms with Crippen molar-refractivity contribution in [1.82, 2.24) is 35.4 Å². The molecule has 12 heteroatoms. The number of aryl methyl sites for hydroxylation is 1. The molecule has 4 rings (SSSR count). The van der Waals surface area contributed by atoms with Crippen LogP contribution in [-0.4, -0.2) is 75.2 Å². The first-order valence-electron chi connectivity index (χ1n) is 12.1. The summed E-state index contributed by atoms with van der Waals surface area (Å²) in [5, 5.41) is 21.5. The molecule has 0 unspecified atom stereocenters. The number of methoxy groups -OCH3 is 1. The zero-order valence-corrected chi connectivity index (χ0v) is 19.2. The summed E-state index contributed by atoms with van der Waals surface area (Å²) in [7, 11) is 3.18. The van der Waals surface area contributed by atoms with Gasteiger partial charge in [0.2, 0.25) is 0 Å². The van der Waals surface area contributed by atoms with Crippen LogP contribution in [0.25, 0.3) is 11.3 Å². The molecule has 2 aromatic heterocycles. The fraction of sp³-hybridized carbons (Fsp3) is 0.364. The lowest BCUT2D eigenvalue weighted by atomic mass is 10.1. The van der Waals surface area contributed by atoms with E-state index in [9.17, 15) is 9.59 Å². The number of urea groups is 1. The van der Waals surface area contributed by atoms with Gasteiger partial charge in [-0.15, -0.1) is 10.2 Å². The van der Waals surface area contributed by atoms with Crippen LogP contribution in [0.3, 0.4) is 0 Å². The summed E-state index contributed by atoms with van der Waals surface area (Å²) in [6.45, 7) is 1.99. The van der Waals surface area contributed by atoms with Crippen molar-refractivity contribution in [2.75, 3.05) is 37.4 Å². The Morgan fingerprint density at radius 3 is 2.71 bits per heavy atom. The number of nitrogens with zero attached hydrogens (tertiary/aromatic N) is 7. The maximum Gasteiger partial charge on any atom is 0.326 e. The summed E-state index contributed by atoms with van der Waals surface area (Å²) in [6, 6.07) is 6.52. The molecule has 0 radical (unpaired) electrons. The van der Waals surface area contributed by atoms with Gasteiger partial charge in [0.1, 0.15) is 5.69 Å². The number of benzene rings is 1. The van der Waals surface area contributed by atoms with Crippen molar-refractivity contribution >= 4 is 29.1 Å². The van der Waals surface area contributed by atoms with Crippen molar-refractivity contribution in [2.24, 2.45) is 7.05 Å². The highest BCUT2D eigenvalue weighted by Gasteiger charge is 2.33. The fourth-order valence-corrected chi connectivity index (χ4v) is 3.75. The lowest BCUT2D eigenvalue weighted by molar-refractivity contribution is 0.0958. The Morgan fingerprint density at radius 2 is 2.06 bits per heavy atom. The minimum Gasteiger partial charge on any atom is -0.494 e. The number of ether oxygens (including phenoxy) is 1. The van der Waals surface area contributed by atoms with E-state index in [0.29, 0.717) is 35.8 Å². The number of hydrogen-bond donors (Lipinski definition) is 2. The smallest absolute Gasteiger partial charge is 0.326 e. The average Bonchev–Trinajstić information content (AvgIpc) is 3.43. The summed E-state index contributed by atoms with van der Waals surface area (Å²) in [6.07, 6.45) is 1.59. The summed E-state index contributed by atoms with van der Waals surface area (Å²) in [4.78, 5) is 30.3. The van der Waals surface area contributed by atoms with Crippen molar-refractivity contribution in [3.8, 4) is 17.0 Å². The molecular formula is C22H27N9O3. The number of rotatable bonds is 7. The fourth-order valence-electron chi connectivity index (χ4n) is 3.75. The summed E-state index contributed by atoms with van der Waals surface area (Å²) >= 11 is 0. The maximum atomic E-state index is 12.9. The van der Waals surface area contributed by atoms with E-state index in [1.165, 1.54) is 22.9 Å². The Kier molecular flexibility index (Phi) is 5.29. The van der Waals surface area contributed by atoms with Crippen LogP contribution in [-0.2, 0) is 7.05 Å². The lowest BCUT2D eigenvalue weighted by Crippen LogP contribution is -2.36. The molecule has 3 amide bonds. The van der Waals surface area contributed by atoms with Crippen LogP contribution in [0.4, 0.5) is 22.0 Å². The molecule has 1 aliphatic heterocycles. The SMILES string of the molecule is [2H]C([2H])([2H])NC(=O)c1nnc(N2CCN(C(C)C)C2=O)cc1Nc1cccc(-c2cnn(C)n2)c1OC. The predicted molar refractivity (Wildman–Crippen MR) is 126 cm³/mol. The molecule has 178 valence electrons. The Hall–Kier alpha value is -4.22. The van der Waals surface area contributed by atoms with Crippen molar-refractivity contribution in [2.45, 2.75) is 19.9 Å². The van der Waals surface area contributed by atoms with E-state index >= 15 is 0 Å². The molecule has 0 saturated carbocycles. The van der Waals surface area contributed by atoms with E-state index in [-0.39, 0.29) is 29.3 Å². The highest BCUT2D eigenvalue weighted by molar-refractivity contribution is 6.00. The Morgan fingerprint density at radius 1 is 1.24 bits per heavy atom. The van der Waals surface area contributed by atoms with E-state index in [0.717, 1.165) is 0 Å². The van der Waals surface area contributed by atoms with E-state index < -0.39 is 12.9 Å². The molecule has 0 spiro atoms. The minimum atomic E-state index is -2.74. The molecule has 0 atom stereocenters. The molecular weight excluding hydrogens is 438 g/mol. The second kappa shape index (κ2) is 9.33. The van der Waals surface area contributed by atoms with Gasteiger partial charge in [-0.25, -0.2) is 4.79 Å². The molecule has 1 aromatic carbocycles. The minimum absolute atomic E-state index is 0.000443. The number of amides is 3. The number of carbonyl (C=O) groups excluding carboxylic acids is 2. The van der Waals surface area contributed by atoms with Gasteiger partial charge in [-0.05, 0) is 26.0 Å². The molecule has 1 fully saturated rings. The van der Waals surface area contributed by atoms with Gasteiger partial charge in [0, 0.05) is 48.9 Å². The highest BCUT2D eigenvalue weighted by Crippen LogP contribution is 2.37. The summed E-state index contributed by atoms with van der Waals surface area (Å²) in [5.74, 6) is -0.334. The van der Waals surface area contributed by atoms with Crippen molar-refractivity contribution in [3.05, 3.63) is 36.2 Å². The quantitative estimate of drug-likeness (QED) is 0.539. The highest BCUT2D eigenvalue weighted by atomic mass is 16.5. The van der Waals surface area contributed by atoms with Gasteiger partial charge in [-0.1, -0.05) is 6.07 Å². The van der Waals surface area contributed by atoms with Crippen molar-refractivity contribution in [1.29, 1.82) is 0 Å². The van der Waals surface area contributed by atoms with E-state index in [4.69, 9.17) is 8.85 Å². The largest absolute Gasteiger partial charge is 0.494 e. The van der Waals surface area contributed by atoms with Crippen molar-refractivity contribution in [3.63, 3.8) is 0 Å². The molecule has 1 saturated heterocycles. The van der Waals surface area contributed by atoms with Crippen LogP contribution in [0.5, 0.6) is 5.75 Å². The van der Waals surface area contributed by atoms with Crippen LogP contribution in [0.2, 0.25) is 0 Å². The predicted octanol–water partition coefficient (Wildman–Crippen LogP) is 2.03. The number of aromatic nitrogens is 5. The molecule has 2 N–H and O–H groups in total. The van der Waals surface area contributed by atoms with Gasteiger partial charge in [-0.3, -0.25) is 9.69 Å². The Balaban J connectivity index is 1.77. The standard InChI is InChI=1S/C22H27N9O3/c1-13(2)30-9-10-31(22(30)33)18-11-16(19(27-26-18)21(32)23-3)25-15-8-6-7-14(20(15)34-5)17-12-24-29(4)28-17/h6-8,11-13H,9-10H2,1-5H3,(H,23,32)(H,25,26)/i3D3. The van der Waals surface area contributed by atoms with Crippen molar-refractivity contribution < 1.29 is 18.4 Å². The van der Waals surface area contributed by atoms with Gasteiger partial charge in [-0.2, -0.15) is 15.0 Å². The average molecular weight is 469 g/mol. The lowest BCUT2D eigenvalue weighted by Gasteiger charge is -2.21. The summed E-state index contributed by atoms with van der Waals surface area (Å²) in [5.41, 5.74) is 1.52. The van der Waals surface area contributed by atoms with Gasteiger partial charge < -0.3 is 20.3 Å². The zero-order valence-electron chi connectivity index (χ0n) is 22.2. The van der Waals surface area contributed by atoms with Gasteiger partial charge in [0.05, 0.1) is 24.7 Å². The first-order valence-corrected chi connectivity index (χ1v) is 10.6.